The van der Waals surface area contributed by atoms with Crippen LogP contribution in [0.25, 0.3) is 0 Å². The molecule has 0 bridgehead atoms. The van der Waals surface area contributed by atoms with Crippen molar-refractivity contribution in [3.05, 3.63) is 23.8 Å². The van der Waals surface area contributed by atoms with Crippen LogP contribution in [0.1, 0.15) is 45.6 Å². The molecule has 5 heteroatoms. The van der Waals surface area contributed by atoms with E-state index in [4.69, 9.17) is 11.2 Å². The van der Waals surface area contributed by atoms with Crippen molar-refractivity contribution in [3.8, 4) is 18.1 Å². The minimum absolute atomic E-state index is 0.117. The smallest absolute Gasteiger partial charge is 0.245 e. The lowest BCUT2D eigenvalue weighted by Crippen LogP contribution is -2.44. The molecule has 4 nitrogen and oxygen atoms in total. The fourth-order valence-electron chi connectivity index (χ4n) is 1.82. The van der Waals surface area contributed by atoms with Crippen molar-refractivity contribution in [1.82, 2.24) is 4.72 Å². The van der Waals surface area contributed by atoms with Crippen molar-refractivity contribution in [2.75, 3.05) is 7.11 Å². The Balaban J connectivity index is 3.37. The molecule has 0 saturated carbocycles. The van der Waals surface area contributed by atoms with Gasteiger partial charge < -0.3 is 4.74 Å². The average molecular weight is 309 g/mol. The molecule has 0 aliphatic carbocycles. The van der Waals surface area contributed by atoms with E-state index < -0.39 is 15.6 Å². The lowest BCUT2D eigenvalue weighted by atomic mass is 10.0. The third kappa shape index (κ3) is 3.99. The summed E-state index contributed by atoms with van der Waals surface area (Å²) in [7, 11) is -2.31. The summed E-state index contributed by atoms with van der Waals surface area (Å²) in [6.07, 6.45) is 5.94. The highest BCUT2D eigenvalue weighted by Crippen LogP contribution is 2.29. The molecule has 0 aliphatic heterocycles. The minimum Gasteiger partial charge on any atom is -0.495 e. The number of terminal acetylenes is 1. The molecular formula is C16H23NO3S. The normalized spacial score (nSPS) is 14.5. The SMILES string of the molecule is C#CC(C)(CC)NS(=O)(=O)c1cc(C(C)C)ccc1OC. The molecule has 0 saturated heterocycles. The maximum atomic E-state index is 12.6. The van der Waals surface area contributed by atoms with Gasteiger partial charge >= 0.3 is 0 Å². The molecule has 0 amide bonds. The fraction of sp³-hybridized carbons (Fsp3) is 0.500. The van der Waals surface area contributed by atoms with Gasteiger partial charge in [0.1, 0.15) is 10.6 Å². The first kappa shape index (κ1) is 17.5. The molecule has 1 atom stereocenters. The van der Waals surface area contributed by atoms with Gasteiger partial charge in [-0.05, 0) is 37.0 Å². The Morgan fingerprint density at radius 3 is 2.48 bits per heavy atom. The van der Waals surface area contributed by atoms with Gasteiger partial charge in [0.05, 0.1) is 12.6 Å². The van der Waals surface area contributed by atoms with E-state index in [-0.39, 0.29) is 10.8 Å². The number of rotatable bonds is 6. The number of benzene rings is 1. The van der Waals surface area contributed by atoms with E-state index in [2.05, 4.69) is 10.6 Å². The second-order valence-corrected chi connectivity index (χ2v) is 7.15. The van der Waals surface area contributed by atoms with Crippen molar-refractivity contribution in [2.45, 2.75) is 50.5 Å². The highest BCUT2D eigenvalue weighted by Gasteiger charge is 2.29. The molecule has 1 unspecified atom stereocenters. The Morgan fingerprint density at radius 2 is 2.05 bits per heavy atom. The maximum Gasteiger partial charge on any atom is 0.245 e. The summed E-state index contributed by atoms with van der Waals surface area (Å²) in [5, 5.41) is 0. The molecule has 0 radical (unpaired) electrons. The monoisotopic (exact) mass is 309 g/mol. The number of methoxy groups -OCH3 is 1. The Kier molecular flexibility index (Phi) is 5.43. The molecule has 1 N–H and O–H groups in total. The summed E-state index contributed by atoms with van der Waals surface area (Å²) < 4.78 is 33.0. The first-order chi connectivity index (χ1) is 9.69. The average Bonchev–Trinajstić information content (AvgIpc) is 2.45. The van der Waals surface area contributed by atoms with Gasteiger partial charge in [-0.25, -0.2) is 8.42 Å². The zero-order valence-electron chi connectivity index (χ0n) is 13.2. The van der Waals surface area contributed by atoms with E-state index in [1.54, 1.807) is 19.1 Å². The second kappa shape index (κ2) is 6.50. The summed E-state index contributed by atoms with van der Waals surface area (Å²) in [6, 6.07) is 5.17. The van der Waals surface area contributed by atoms with Crippen LogP contribution in [-0.4, -0.2) is 21.1 Å². The van der Waals surface area contributed by atoms with Crippen LogP contribution in [0, 0.1) is 12.3 Å². The lowest BCUT2D eigenvalue weighted by molar-refractivity contribution is 0.401. The topological polar surface area (TPSA) is 55.4 Å². The maximum absolute atomic E-state index is 12.6. The minimum atomic E-state index is -3.76. The molecule has 21 heavy (non-hydrogen) atoms. The van der Waals surface area contributed by atoms with E-state index in [1.165, 1.54) is 7.11 Å². The van der Waals surface area contributed by atoms with Gasteiger partial charge in [0.15, 0.2) is 0 Å². The predicted octanol–water partition coefficient (Wildman–Crippen LogP) is 2.90. The van der Waals surface area contributed by atoms with Crippen LogP contribution in [0.15, 0.2) is 23.1 Å². The number of nitrogens with one attached hydrogen (secondary N) is 1. The molecule has 0 spiro atoms. The quantitative estimate of drug-likeness (QED) is 0.822. The van der Waals surface area contributed by atoms with E-state index in [0.29, 0.717) is 12.2 Å². The summed E-state index contributed by atoms with van der Waals surface area (Å²) in [5.74, 6) is 3.02. The Labute approximate surface area is 128 Å². The Bertz CT molecular complexity index is 644. The highest BCUT2D eigenvalue weighted by molar-refractivity contribution is 7.89. The van der Waals surface area contributed by atoms with Crippen LogP contribution < -0.4 is 9.46 Å². The molecule has 1 aromatic rings. The third-order valence-corrected chi connectivity index (χ3v) is 5.15. The largest absolute Gasteiger partial charge is 0.495 e. The fourth-order valence-corrected chi connectivity index (χ4v) is 3.43. The molecule has 0 heterocycles. The summed E-state index contributed by atoms with van der Waals surface area (Å²) >= 11 is 0. The van der Waals surface area contributed by atoms with E-state index in [1.807, 2.05) is 26.8 Å². The van der Waals surface area contributed by atoms with Crippen LogP contribution in [0.2, 0.25) is 0 Å². The third-order valence-electron chi connectivity index (χ3n) is 3.53. The van der Waals surface area contributed by atoms with Crippen molar-refractivity contribution in [3.63, 3.8) is 0 Å². The molecule has 0 aliphatic rings. The molecular weight excluding hydrogens is 286 g/mol. The predicted molar refractivity (Wildman–Crippen MR) is 84.9 cm³/mol. The Morgan fingerprint density at radius 1 is 1.43 bits per heavy atom. The number of ether oxygens (including phenoxy) is 1. The van der Waals surface area contributed by atoms with Gasteiger partial charge in [-0.15, -0.1) is 6.42 Å². The summed E-state index contributed by atoms with van der Waals surface area (Å²) in [5.41, 5.74) is 0.00704. The number of hydrogen-bond donors (Lipinski definition) is 1. The first-order valence-corrected chi connectivity index (χ1v) is 8.37. The van der Waals surface area contributed by atoms with Gasteiger partial charge in [-0.2, -0.15) is 4.72 Å². The van der Waals surface area contributed by atoms with Crippen LogP contribution in [0.5, 0.6) is 5.75 Å². The van der Waals surface area contributed by atoms with E-state index >= 15 is 0 Å². The van der Waals surface area contributed by atoms with Crippen molar-refractivity contribution in [2.24, 2.45) is 0 Å². The van der Waals surface area contributed by atoms with Crippen molar-refractivity contribution >= 4 is 10.0 Å². The van der Waals surface area contributed by atoms with Gasteiger partial charge in [0.25, 0.3) is 0 Å². The van der Waals surface area contributed by atoms with E-state index in [0.717, 1.165) is 5.56 Å². The van der Waals surface area contributed by atoms with Crippen LogP contribution in [0.4, 0.5) is 0 Å². The van der Waals surface area contributed by atoms with Crippen LogP contribution in [-0.2, 0) is 10.0 Å². The van der Waals surface area contributed by atoms with Crippen LogP contribution >= 0.6 is 0 Å². The number of sulfonamides is 1. The number of hydrogen-bond acceptors (Lipinski definition) is 3. The molecule has 1 aromatic carbocycles. The van der Waals surface area contributed by atoms with E-state index in [9.17, 15) is 8.42 Å². The highest BCUT2D eigenvalue weighted by atomic mass is 32.2. The summed E-state index contributed by atoms with van der Waals surface area (Å²) in [6.45, 7) is 7.53. The van der Waals surface area contributed by atoms with Crippen molar-refractivity contribution in [1.29, 1.82) is 0 Å². The van der Waals surface area contributed by atoms with Gasteiger partial charge in [0, 0.05) is 0 Å². The van der Waals surface area contributed by atoms with Gasteiger partial charge in [0.2, 0.25) is 10.0 Å². The van der Waals surface area contributed by atoms with Crippen molar-refractivity contribution < 1.29 is 13.2 Å². The van der Waals surface area contributed by atoms with Gasteiger partial charge in [-0.1, -0.05) is 32.8 Å². The zero-order valence-corrected chi connectivity index (χ0v) is 14.0. The summed E-state index contributed by atoms with van der Waals surface area (Å²) in [4.78, 5) is 0.117. The molecule has 1 rings (SSSR count). The van der Waals surface area contributed by atoms with Crippen LogP contribution in [0.3, 0.4) is 0 Å². The van der Waals surface area contributed by atoms with Gasteiger partial charge in [-0.3, -0.25) is 0 Å². The lowest BCUT2D eigenvalue weighted by Gasteiger charge is -2.24. The molecule has 116 valence electrons. The Hall–Kier alpha value is -1.51. The molecule has 0 fully saturated rings. The second-order valence-electron chi connectivity index (χ2n) is 5.50. The standard InChI is InChI=1S/C16H23NO3S/c1-7-16(5,8-2)17-21(18,19)15-11-13(12(3)4)9-10-14(15)20-6/h1,9-12,17H,8H2,2-6H3. The zero-order chi connectivity index (χ0) is 16.3. The molecule has 0 aromatic heterocycles. The first-order valence-electron chi connectivity index (χ1n) is 6.88.